The number of nitrogens with zero attached hydrogens (tertiary/aromatic N) is 1. The summed E-state index contributed by atoms with van der Waals surface area (Å²) < 4.78 is 12.0. The molecule has 3 saturated carbocycles. The van der Waals surface area contributed by atoms with Crippen molar-refractivity contribution in [1.29, 1.82) is 0 Å². The van der Waals surface area contributed by atoms with Gasteiger partial charge < -0.3 is 20.1 Å². The van der Waals surface area contributed by atoms with E-state index >= 15 is 0 Å². The smallest absolute Gasteiger partial charge is 0.191 e. The number of aliphatic imine (C=N–C) groups is 1. The van der Waals surface area contributed by atoms with Gasteiger partial charge in [-0.1, -0.05) is 25.7 Å². The van der Waals surface area contributed by atoms with Gasteiger partial charge in [-0.25, -0.2) is 0 Å². The van der Waals surface area contributed by atoms with Crippen molar-refractivity contribution in [3.05, 3.63) is 0 Å². The first-order chi connectivity index (χ1) is 12.3. The molecule has 3 atom stereocenters. The van der Waals surface area contributed by atoms with Crippen LogP contribution in [-0.4, -0.2) is 51.0 Å². The highest BCUT2D eigenvalue weighted by molar-refractivity contribution is 5.80. The highest BCUT2D eigenvalue weighted by Crippen LogP contribution is 2.62. The summed E-state index contributed by atoms with van der Waals surface area (Å²) in [6.07, 6.45) is 13.8. The Morgan fingerprint density at radius 2 is 2.00 bits per heavy atom. The molecule has 5 nitrogen and oxygen atoms in total. The van der Waals surface area contributed by atoms with Crippen molar-refractivity contribution >= 4 is 5.96 Å². The highest BCUT2D eigenvalue weighted by atomic mass is 16.5. The van der Waals surface area contributed by atoms with Gasteiger partial charge in [0.2, 0.25) is 0 Å². The van der Waals surface area contributed by atoms with Crippen LogP contribution < -0.4 is 10.6 Å². The number of hydrogen-bond donors (Lipinski definition) is 2. The third kappa shape index (κ3) is 3.42. The minimum Gasteiger partial charge on any atom is -0.378 e. The van der Waals surface area contributed by atoms with E-state index in [0.717, 1.165) is 32.1 Å². The van der Waals surface area contributed by atoms with Crippen LogP contribution in [0, 0.1) is 11.3 Å². The molecule has 142 valence electrons. The molecule has 0 aromatic rings. The Bertz CT molecular complexity index is 472. The van der Waals surface area contributed by atoms with E-state index in [4.69, 9.17) is 9.47 Å². The van der Waals surface area contributed by atoms with Crippen molar-refractivity contribution in [2.24, 2.45) is 16.3 Å². The quantitative estimate of drug-likeness (QED) is 0.440. The summed E-state index contributed by atoms with van der Waals surface area (Å²) in [5.74, 6) is 1.65. The first kappa shape index (κ1) is 17.6. The van der Waals surface area contributed by atoms with E-state index in [2.05, 4.69) is 15.6 Å². The molecule has 5 heteroatoms. The summed E-state index contributed by atoms with van der Waals surface area (Å²) in [7, 11) is 1.88. The lowest BCUT2D eigenvalue weighted by molar-refractivity contribution is -0.171. The van der Waals surface area contributed by atoms with E-state index in [1.807, 2.05) is 7.05 Å². The number of guanidine groups is 1. The molecule has 0 aromatic heterocycles. The van der Waals surface area contributed by atoms with Crippen molar-refractivity contribution in [2.45, 2.75) is 82.5 Å². The Hall–Kier alpha value is -0.810. The molecule has 0 amide bonds. The summed E-state index contributed by atoms with van der Waals surface area (Å²) >= 11 is 0. The predicted molar refractivity (Wildman–Crippen MR) is 99.9 cm³/mol. The predicted octanol–water partition coefficient (Wildman–Crippen LogP) is 2.85. The third-order valence-electron chi connectivity index (χ3n) is 7.07. The van der Waals surface area contributed by atoms with Crippen LogP contribution in [0.15, 0.2) is 4.99 Å². The third-order valence-corrected chi connectivity index (χ3v) is 7.07. The average molecular weight is 350 g/mol. The van der Waals surface area contributed by atoms with Crippen molar-refractivity contribution in [3.8, 4) is 0 Å². The molecule has 1 heterocycles. The maximum atomic E-state index is 6.01. The highest BCUT2D eigenvalue weighted by Gasteiger charge is 2.66. The van der Waals surface area contributed by atoms with Gasteiger partial charge >= 0.3 is 0 Å². The average Bonchev–Trinajstić information content (AvgIpc) is 3.02. The van der Waals surface area contributed by atoms with Gasteiger partial charge in [0.25, 0.3) is 0 Å². The molecule has 0 aromatic carbocycles. The molecule has 0 bridgehead atoms. The van der Waals surface area contributed by atoms with Crippen LogP contribution in [0.4, 0.5) is 0 Å². The molecule has 2 N–H and O–H groups in total. The first-order valence-corrected chi connectivity index (χ1v) is 10.5. The Morgan fingerprint density at radius 3 is 2.72 bits per heavy atom. The van der Waals surface area contributed by atoms with Crippen molar-refractivity contribution in [2.75, 3.05) is 26.8 Å². The second-order valence-corrected chi connectivity index (χ2v) is 8.44. The van der Waals surface area contributed by atoms with E-state index in [1.54, 1.807) is 0 Å². The van der Waals surface area contributed by atoms with Gasteiger partial charge in [-0.15, -0.1) is 0 Å². The Morgan fingerprint density at radius 1 is 1.16 bits per heavy atom. The monoisotopic (exact) mass is 349 g/mol. The largest absolute Gasteiger partial charge is 0.378 e. The fourth-order valence-electron chi connectivity index (χ4n) is 5.56. The number of hydrogen-bond acceptors (Lipinski definition) is 3. The van der Waals surface area contributed by atoms with Crippen LogP contribution >= 0.6 is 0 Å². The van der Waals surface area contributed by atoms with E-state index in [0.29, 0.717) is 29.6 Å². The van der Waals surface area contributed by atoms with Gasteiger partial charge in [0.15, 0.2) is 5.96 Å². The Labute approximate surface area is 152 Å². The zero-order chi connectivity index (χ0) is 17.1. The maximum Gasteiger partial charge on any atom is 0.191 e. The molecule has 25 heavy (non-hydrogen) atoms. The first-order valence-electron chi connectivity index (χ1n) is 10.5. The van der Waals surface area contributed by atoms with E-state index in [9.17, 15) is 0 Å². The lowest BCUT2D eigenvalue weighted by Gasteiger charge is -2.63. The van der Waals surface area contributed by atoms with Crippen LogP contribution in [0.3, 0.4) is 0 Å². The van der Waals surface area contributed by atoms with Gasteiger partial charge in [-0.3, -0.25) is 4.99 Å². The molecule has 1 spiro atoms. The van der Waals surface area contributed by atoms with Gasteiger partial charge in [0.05, 0.1) is 12.2 Å². The Balaban J connectivity index is 1.17. The second kappa shape index (κ2) is 7.83. The normalized spacial score (nSPS) is 34.3. The molecule has 3 unspecified atom stereocenters. The number of nitrogens with one attached hydrogen (secondary N) is 2. The number of fused-ring (bicyclic) bond motifs is 2. The minimum atomic E-state index is 0.406. The second-order valence-electron chi connectivity index (χ2n) is 8.44. The number of rotatable bonds is 6. The lowest BCUT2D eigenvalue weighted by Crippen LogP contribution is -2.72. The number of ether oxygens (including phenoxy) is 2. The minimum absolute atomic E-state index is 0.406. The van der Waals surface area contributed by atoms with Crippen LogP contribution in [0.1, 0.15) is 64.2 Å². The summed E-state index contributed by atoms with van der Waals surface area (Å²) in [4.78, 5) is 4.45. The maximum absolute atomic E-state index is 6.01. The van der Waals surface area contributed by atoms with E-state index in [-0.39, 0.29) is 0 Å². The fraction of sp³-hybridized carbons (Fsp3) is 0.950. The van der Waals surface area contributed by atoms with Crippen LogP contribution in [0.2, 0.25) is 0 Å². The molecule has 4 rings (SSSR count). The zero-order valence-electron chi connectivity index (χ0n) is 15.8. The SMILES string of the molecule is CN=C(NCCCOC1CCCCC1)NC1C2CCOC2C12CCC2. The summed E-state index contributed by atoms with van der Waals surface area (Å²) in [5, 5.41) is 7.22. The van der Waals surface area contributed by atoms with Gasteiger partial charge in [0, 0.05) is 44.2 Å². The Kier molecular flexibility index (Phi) is 5.51. The molecular weight excluding hydrogens is 314 g/mol. The molecular formula is C20H35N3O2. The van der Waals surface area contributed by atoms with E-state index < -0.39 is 0 Å². The van der Waals surface area contributed by atoms with E-state index in [1.165, 1.54) is 57.8 Å². The van der Waals surface area contributed by atoms with Crippen LogP contribution in [-0.2, 0) is 9.47 Å². The molecule has 4 aliphatic rings. The van der Waals surface area contributed by atoms with Gasteiger partial charge in [0.1, 0.15) is 0 Å². The van der Waals surface area contributed by atoms with Gasteiger partial charge in [-0.05, 0) is 38.5 Å². The fourth-order valence-corrected chi connectivity index (χ4v) is 5.56. The van der Waals surface area contributed by atoms with Gasteiger partial charge in [-0.2, -0.15) is 0 Å². The molecule has 4 fully saturated rings. The summed E-state index contributed by atoms with van der Waals surface area (Å²) in [6.45, 7) is 2.73. The topological polar surface area (TPSA) is 54.9 Å². The molecule has 3 aliphatic carbocycles. The standard InChI is InChI=1S/C20H35N3O2/c1-21-19(22-12-6-13-24-15-7-3-2-4-8-15)23-17-16-9-14-25-18(16)20(17)10-5-11-20/h15-18H,2-14H2,1H3,(H2,21,22,23). The summed E-state index contributed by atoms with van der Waals surface area (Å²) in [5.41, 5.74) is 0.406. The van der Waals surface area contributed by atoms with Crippen molar-refractivity contribution < 1.29 is 9.47 Å². The summed E-state index contributed by atoms with van der Waals surface area (Å²) in [6, 6.07) is 0.554. The molecule has 1 aliphatic heterocycles. The van der Waals surface area contributed by atoms with Crippen LogP contribution in [0.25, 0.3) is 0 Å². The van der Waals surface area contributed by atoms with Crippen molar-refractivity contribution in [1.82, 2.24) is 10.6 Å². The molecule has 1 saturated heterocycles. The van der Waals surface area contributed by atoms with Crippen LogP contribution in [0.5, 0.6) is 0 Å². The zero-order valence-corrected chi connectivity index (χ0v) is 15.8. The lowest BCUT2D eigenvalue weighted by atomic mass is 9.46. The van der Waals surface area contributed by atoms with Crippen molar-refractivity contribution in [3.63, 3.8) is 0 Å². The molecule has 0 radical (unpaired) electrons.